The number of nitrogens with one attached hydrogen (secondary N) is 1. The highest BCUT2D eigenvalue weighted by molar-refractivity contribution is 6.13. The normalized spacial score (nSPS) is 10.5. The molecule has 0 atom stereocenters. The van der Waals surface area contributed by atoms with Crippen molar-refractivity contribution in [2.45, 2.75) is 13.8 Å². The minimum Gasteiger partial charge on any atom is -0.462 e. The van der Waals surface area contributed by atoms with Gasteiger partial charge in [0.15, 0.2) is 0 Å². The molecule has 1 heterocycles. The third-order valence-electron chi connectivity index (χ3n) is 4.75. The first-order valence-electron chi connectivity index (χ1n) is 9.37. The van der Waals surface area contributed by atoms with Crippen molar-refractivity contribution in [1.29, 1.82) is 0 Å². The highest BCUT2D eigenvalue weighted by Crippen LogP contribution is 2.25. The lowest BCUT2D eigenvalue weighted by Gasteiger charge is -2.09. The summed E-state index contributed by atoms with van der Waals surface area (Å²) < 4.78 is 7.83. The molecule has 10 heteroatoms. The monoisotopic (exact) mass is 424 g/mol. The Morgan fingerprint density at radius 2 is 1.81 bits per heavy atom. The zero-order valence-electron chi connectivity index (χ0n) is 17.1. The number of amides is 1. The van der Waals surface area contributed by atoms with Gasteiger partial charge in [-0.25, -0.2) is 9.48 Å². The molecule has 3 rings (SSSR count). The van der Waals surface area contributed by atoms with Crippen LogP contribution in [0.25, 0.3) is 5.69 Å². The summed E-state index contributed by atoms with van der Waals surface area (Å²) in [6.45, 7) is 3.23. The molecular formula is C21H20N4O6. The summed E-state index contributed by atoms with van der Waals surface area (Å²) in [6.07, 6.45) is 0. The van der Waals surface area contributed by atoms with E-state index in [4.69, 9.17) is 4.74 Å². The van der Waals surface area contributed by atoms with Crippen LogP contribution < -0.4 is 10.9 Å². The third kappa shape index (κ3) is 3.95. The van der Waals surface area contributed by atoms with Crippen LogP contribution in [0.4, 0.5) is 11.4 Å². The van der Waals surface area contributed by atoms with Crippen molar-refractivity contribution in [1.82, 2.24) is 9.36 Å². The largest absolute Gasteiger partial charge is 0.462 e. The van der Waals surface area contributed by atoms with Gasteiger partial charge >= 0.3 is 5.97 Å². The number of ether oxygens (including phenoxy) is 1. The summed E-state index contributed by atoms with van der Waals surface area (Å²) in [4.78, 5) is 49.1. The van der Waals surface area contributed by atoms with Crippen LogP contribution in [0.1, 0.15) is 33.3 Å². The Morgan fingerprint density at radius 1 is 1.13 bits per heavy atom. The summed E-state index contributed by atoms with van der Waals surface area (Å²) in [7, 11) is 1.65. The van der Waals surface area contributed by atoms with Crippen LogP contribution in [-0.4, -0.2) is 32.8 Å². The Bertz CT molecular complexity index is 1230. The SMILES string of the molecule is CCOC(=O)c1cccc([N+](=O)[O-])c1C(=O)Nc1c(C)n(C)n(-c2ccccc2)c1=O. The zero-order valence-corrected chi connectivity index (χ0v) is 17.1. The Hall–Kier alpha value is -4.21. The van der Waals surface area contributed by atoms with E-state index in [-0.39, 0.29) is 17.9 Å². The average Bonchev–Trinajstić information content (AvgIpc) is 2.97. The van der Waals surface area contributed by atoms with Gasteiger partial charge in [-0.05, 0) is 32.0 Å². The van der Waals surface area contributed by atoms with Crippen molar-refractivity contribution >= 4 is 23.3 Å². The maximum Gasteiger partial charge on any atom is 0.339 e. The lowest BCUT2D eigenvalue weighted by Crippen LogP contribution is -2.24. The molecular weight excluding hydrogens is 404 g/mol. The molecule has 3 aromatic rings. The molecule has 160 valence electrons. The van der Waals surface area contributed by atoms with Gasteiger partial charge in [0.1, 0.15) is 11.3 Å². The first kappa shape index (κ1) is 21.5. The molecule has 2 aromatic carbocycles. The Balaban J connectivity index is 2.10. The summed E-state index contributed by atoms with van der Waals surface area (Å²) >= 11 is 0. The molecule has 0 unspecified atom stereocenters. The number of para-hydroxylation sites is 1. The van der Waals surface area contributed by atoms with E-state index in [0.29, 0.717) is 11.4 Å². The molecule has 0 aliphatic rings. The summed E-state index contributed by atoms with van der Waals surface area (Å²) in [6, 6.07) is 12.5. The third-order valence-corrected chi connectivity index (χ3v) is 4.75. The van der Waals surface area contributed by atoms with E-state index in [1.54, 1.807) is 55.9 Å². The number of aromatic nitrogens is 2. The molecule has 31 heavy (non-hydrogen) atoms. The highest BCUT2D eigenvalue weighted by Gasteiger charge is 2.29. The Morgan fingerprint density at radius 3 is 2.42 bits per heavy atom. The number of rotatable bonds is 6. The fourth-order valence-corrected chi connectivity index (χ4v) is 3.20. The molecule has 0 radical (unpaired) electrons. The molecule has 0 aliphatic carbocycles. The smallest absolute Gasteiger partial charge is 0.339 e. The lowest BCUT2D eigenvalue weighted by molar-refractivity contribution is -0.385. The number of carbonyl (C=O) groups excluding carboxylic acids is 2. The van der Waals surface area contributed by atoms with Crippen LogP contribution in [0, 0.1) is 17.0 Å². The molecule has 0 aliphatic heterocycles. The molecule has 0 spiro atoms. The maximum absolute atomic E-state index is 13.0. The number of nitrogens with zero attached hydrogens (tertiary/aromatic N) is 3. The number of esters is 1. The summed E-state index contributed by atoms with van der Waals surface area (Å²) in [5.41, 5.74) is -0.861. The quantitative estimate of drug-likeness (QED) is 0.368. The molecule has 0 bridgehead atoms. The van der Waals surface area contributed by atoms with E-state index >= 15 is 0 Å². The number of carbonyl (C=O) groups is 2. The van der Waals surface area contributed by atoms with E-state index in [1.165, 1.54) is 16.8 Å². The minimum absolute atomic E-state index is 0.0299. The van der Waals surface area contributed by atoms with Crippen LogP contribution in [0.3, 0.4) is 0 Å². The number of anilines is 1. The van der Waals surface area contributed by atoms with E-state index in [1.807, 2.05) is 0 Å². The molecule has 1 N–H and O–H groups in total. The summed E-state index contributed by atoms with van der Waals surface area (Å²) in [5, 5.41) is 13.9. The van der Waals surface area contributed by atoms with Crippen molar-refractivity contribution in [3.63, 3.8) is 0 Å². The van der Waals surface area contributed by atoms with Crippen LogP contribution in [-0.2, 0) is 11.8 Å². The number of hydrogen-bond donors (Lipinski definition) is 1. The van der Waals surface area contributed by atoms with Gasteiger partial charge in [-0.1, -0.05) is 24.3 Å². The molecule has 0 saturated carbocycles. The molecule has 1 amide bonds. The number of hydrogen-bond acceptors (Lipinski definition) is 6. The Kier molecular flexibility index (Phi) is 6.00. The fraction of sp³-hybridized carbons (Fsp3) is 0.190. The first-order valence-corrected chi connectivity index (χ1v) is 9.37. The number of benzene rings is 2. The zero-order chi connectivity index (χ0) is 22.7. The van der Waals surface area contributed by atoms with E-state index in [9.17, 15) is 24.5 Å². The van der Waals surface area contributed by atoms with Gasteiger partial charge < -0.3 is 10.1 Å². The molecule has 1 aromatic heterocycles. The van der Waals surface area contributed by atoms with Crippen molar-refractivity contribution in [2.75, 3.05) is 11.9 Å². The maximum atomic E-state index is 13.0. The van der Waals surface area contributed by atoms with Crippen molar-refractivity contribution < 1.29 is 19.2 Å². The van der Waals surface area contributed by atoms with Gasteiger partial charge in [-0.2, -0.15) is 0 Å². The van der Waals surface area contributed by atoms with Gasteiger partial charge in [0, 0.05) is 13.1 Å². The lowest BCUT2D eigenvalue weighted by atomic mass is 10.0. The topological polar surface area (TPSA) is 125 Å². The van der Waals surface area contributed by atoms with Gasteiger partial charge in [-0.15, -0.1) is 0 Å². The van der Waals surface area contributed by atoms with E-state index in [0.717, 1.165) is 6.07 Å². The minimum atomic E-state index is -0.957. The van der Waals surface area contributed by atoms with Gasteiger partial charge in [0.25, 0.3) is 17.2 Å². The van der Waals surface area contributed by atoms with Crippen LogP contribution in [0.15, 0.2) is 53.3 Å². The van der Waals surface area contributed by atoms with Crippen LogP contribution >= 0.6 is 0 Å². The van der Waals surface area contributed by atoms with E-state index < -0.39 is 33.6 Å². The predicted octanol–water partition coefficient (Wildman–Crippen LogP) is 2.82. The Labute approximate surface area is 176 Å². The van der Waals surface area contributed by atoms with Crippen molar-refractivity contribution in [3.8, 4) is 5.69 Å². The number of nitro benzene ring substituents is 1. The van der Waals surface area contributed by atoms with Gasteiger partial charge in [-0.3, -0.25) is 24.4 Å². The van der Waals surface area contributed by atoms with Crippen molar-refractivity contribution in [3.05, 3.63) is 85.8 Å². The average molecular weight is 424 g/mol. The van der Waals surface area contributed by atoms with E-state index in [2.05, 4.69) is 5.32 Å². The summed E-state index contributed by atoms with van der Waals surface area (Å²) in [5.74, 6) is -1.83. The van der Waals surface area contributed by atoms with Gasteiger partial charge in [0.2, 0.25) is 0 Å². The fourth-order valence-electron chi connectivity index (χ4n) is 3.20. The van der Waals surface area contributed by atoms with Crippen LogP contribution in [0.2, 0.25) is 0 Å². The highest BCUT2D eigenvalue weighted by atomic mass is 16.6. The molecule has 10 nitrogen and oxygen atoms in total. The standard InChI is InChI=1S/C21H20N4O6/c1-4-31-21(28)15-11-8-12-16(25(29)30)17(15)19(26)22-18-13(2)23(3)24(20(18)27)14-9-6-5-7-10-14/h5-12H,4H2,1-3H3,(H,22,26). The second-order valence-corrected chi connectivity index (χ2v) is 6.57. The second-order valence-electron chi connectivity index (χ2n) is 6.57. The molecule has 0 fully saturated rings. The number of nitro groups is 1. The van der Waals surface area contributed by atoms with Crippen molar-refractivity contribution in [2.24, 2.45) is 7.05 Å². The van der Waals surface area contributed by atoms with Gasteiger partial charge in [0.05, 0.1) is 28.5 Å². The predicted molar refractivity (Wildman–Crippen MR) is 113 cm³/mol. The van der Waals surface area contributed by atoms with Crippen LogP contribution in [0.5, 0.6) is 0 Å². The second kappa shape index (κ2) is 8.66. The first-order chi connectivity index (χ1) is 14.8. The molecule has 0 saturated heterocycles.